The van der Waals surface area contributed by atoms with Crippen LogP contribution in [0.3, 0.4) is 0 Å². The molecule has 0 rings (SSSR count). The summed E-state index contributed by atoms with van der Waals surface area (Å²) >= 11 is 0. The van der Waals surface area contributed by atoms with Crippen LogP contribution in [0.2, 0.25) is 0 Å². The number of amides is 1. The SMILES string of the molecule is CCCCCC/C=C\C/C=C\CCCCCCCC(=O)OCCCCCCCCCCCCCCCCCCC(=O)NC(CO)C(O)/C=C/CCCCCCCCC. The molecule has 58 heavy (non-hydrogen) atoms. The number of aliphatic hydroxyl groups excluding tert-OH is 2. The first-order chi connectivity index (χ1) is 28.5. The number of ether oxygens (including phenoxy) is 1. The van der Waals surface area contributed by atoms with Gasteiger partial charge < -0.3 is 20.3 Å². The van der Waals surface area contributed by atoms with Crippen molar-refractivity contribution in [2.24, 2.45) is 0 Å². The molecule has 3 N–H and O–H groups in total. The number of unbranched alkanes of at least 4 members (excludes halogenated alkanes) is 31. The van der Waals surface area contributed by atoms with Gasteiger partial charge in [-0.2, -0.15) is 0 Å². The lowest BCUT2D eigenvalue weighted by Crippen LogP contribution is -2.45. The summed E-state index contributed by atoms with van der Waals surface area (Å²) in [6.07, 6.45) is 57.2. The molecule has 0 heterocycles. The minimum absolute atomic E-state index is 0.0123. The Bertz CT molecular complexity index is 946. The highest BCUT2D eigenvalue weighted by Gasteiger charge is 2.18. The van der Waals surface area contributed by atoms with Crippen LogP contribution in [0.15, 0.2) is 36.5 Å². The van der Waals surface area contributed by atoms with Gasteiger partial charge in [-0.05, 0) is 64.2 Å². The van der Waals surface area contributed by atoms with Gasteiger partial charge in [-0.1, -0.05) is 217 Å². The number of rotatable bonds is 46. The van der Waals surface area contributed by atoms with Gasteiger partial charge in [0.05, 0.1) is 25.4 Å². The van der Waals surface area contributed by atoms with Gasteiger partial charge >= 0.3 is 5.97 Å². The molecular weight excluding hydrogens is 719 g/mol. The number of aliphatic hydroxyl groups is 2. The molecule has 0 radical (unpaired) electrons. The standard InChI is InChI=1S/C52H97NO5/c1-3-5-7-9-11-13-14-15-16-20-23-26-30-34-38-42-46-52(57)58-47-43-39-35-31-27-24-21-18-17-19-22-25-29-33-37-41-45-51(56)53-49(48-54)50(55)44-40-36-32-28-12-10-8-6-4-2/h13-14,16,20,40,44,49-50,54-55H,3-12,15,17-19,21-39,41-43,45-48H2,1-2H3,(H,53,56)/b14-13-,20-16-,44-40+. The van der Waals surface area contributed by atoms with E-state index in [1.54, 1.807) is 6.08 Å². The van der Waals surface area contributed by atoms with Gasteiger partial charge in [0.2, 0.25) is 5.91 Å². The van der Waals surface area contributed by atoms with Crippen LogP contribution in [-0.4, -0.2) is 47.4 Å². The van der Waals surface area contributed by atoms with Crippen LogP contribution in [0, 0.1) is 0 Å². The van der Waals surface area contributed by atoms with Crippen molar-refractivity contribution >= 4 is 11.9 Å². The van der Waals surface area contributed by atoms with Gasteiger partial charge in [0, 0.05) is 12.8 Å². The number of carbonyl (C=O) groups is 2. The third-order valence-electron chi connectivity index (χ3n) is 11.4. The molecule has 0 saturated heterocycles. The molecule has 6 heteroatoms. The molecule has 2 atom stereocenters. The van der Waals surface area contributed by atoms with E-state index in [0.717, 1.165) is 57.8 Å². The third kappa shape index (κ3) is 43.7. The van der Waals surface area contributed by atoms with Gasteiger partial charge in [-0.3, -0.25) is 9.59 Å². The van der Waals surface area contributed by atoms with Gasteiger partial charge in [0.25, 0.3) is 0 Å². The number of carbonyl (C=O) groups excluding carboxylic acids is 2. The Morgan fingerprint density at radius 1 is 0.483 bits per heavy atom. The number of esters is 1. The number of hydrogen-bond donors (Lipinski definition) is 3. The molecule has 0 aromatic carbocycles. The average Bonchev–Trinajstić information content (AvgIpc) is 3.22. The topological polar surface area (TPSA) is 95.9 Å². The molecule has 0 spiro atoms. The van der Waals surface area contributed by atoms with Crippen LogP contribution in [-0.2, 0) is 14.3 Å². The van der Waals surface area contributed by atoms with Gasteiger partial charge in [0.1, 0.15) is 0 Å². The number of hydrogen-bond acceptors (Lipinski definition) is 5. The minimum atomic E-state index is -0.847. The Kier molecular flexibility index (Phi) is 46.2. The second-order valence-electron chi connectivity index (χ2n) is 17.1. The second-order valence-corrected chi connectivity index (χ2v) is 17.1. The maximum atomic E-state index is 12.4. The zero-order valence-corrected chi connectivity index (χ0v) is 38.5. The van der Waals surface area contributed by atoms with Crippen LogP contribution in [0.1, 0.15) is 258 Å². The first-order valence-corrected chi connectivity index (χ1v) is 25.3. The normalized spacial score (nSPS) is 13.0. The Labute approximate surface area is 360 Å². The van der Waals surface area contributed by atoms with Crippen molar-refractivity contribution in [3.05, 3.63) is 36.5 Å². The first kappa shape index (κ1) is 56.1. The second kappa shape index (κ2) is 47.8. The molecule has 0 aliphatic rings. The summed E-state index contributed by atoms with van der Waals surface area (Å²) in [5, 5.41) is 22.9. The van der Waals surface area contributed by atoms with E-state index in [1.807, 2.05) is 6.08 Å². The van der Waals surface area contributed by atoms with Crippen molar-refractivity contribution < 1.29 is 24.5 Å². The molecule has 2 unspecified atom stereocenters. The largest absolute Gasteiger partial charge is 0.466 e. The van der Waals surface area contributed by atoms with E-state index in [0.29, 0.717) is 19.4 Å². The predicted molar refractivity (Wildman–Crippen MR) is 250 cm³/mol. The molecule has 340 valence electrons. The summed E-state index contributed by atoms with van der Waals surface area (Å²) in [5.74, 6) is -0.0912. The van der Waals surface area contributed by atoms with Crippen molar-refractivity contribution in [1.29, 1.82) is 0 Å². The van der Waals surface area contributed by atoms with Gasteiger partial charge in [0.15, 0.2) is 0 Å². The van der Waals surface area contributed by atoms with E-state index in [1.165, 1.54) is 173 Å². The van der Waals surface area contributed by atoms with Gasteiger partial charge in [-0.15, -0.1) is 0 Å². The molecule has 1 amide bonds. The van der Waals surface area contributed by atoms with Crippen LogP contribution >= 0.6 is 0 Å². The zero-order valence-electron chi connectivity index (χ0n) is 38.5. The molecular formula is C52H97NO5. The van der Waals surface area contributed by atoms with Crippen molar-refractivity contribution in [3.63, 3.8) is 0 Å². The maximum absolute atomic E-state index is 12.4. The monoisotopic (exact) mass is 816 g/mol. The van der Waals surface area contributed by atoms with Crippen molar-refractivity contribution in [2.75, 3.05) is 13.2 Å². The summed E-state index contributed by atoms with van der Waals surface area (Å²) in [6.45, 7) is 4.83. The highest BCUT2D eigenvalue weighted by atomic mass is 16.5. The van der Waals surface area contributed by atoms with Crippen molar-refractivity contribution in [3.8, 4) is 0 Å². The fraction of sp³-hybridized carbons (Fsp3) is 0.846. The lowest BCUT2D eigenvalue weighted by atomic mass is 10.0. The Hall–Kier alpha value is -1.92. The minimum Gasteiger partial charge on any atom is -0.466 e. The lowest BCUT2D eigenvalue weighted by molar-refractivity contribution is -0.143. The first-order valence-electron chi connectivity index (χ1n) is 25.3. The predicted octanol–water partition coefficient (Wildman–Crippen LogP) is 14.9. The number of nitrogens with one attached hydrogen (secondary N) is 1. The quantitative estimate of drug-likeness (QED) is 0.0323. The van der Waals surface area contributed by atoms with Crippen LogP contribution in [0.5, 0.6) is 0 Å². The lowest BCUT2D eigenvalue weighted by Gasteiger charge is -2.20. The van der Waals surface area contributed by atoms with Crippen LogP contribution < -0.4 is 5.32 Å². The highest BCUT2D eigenvalue weighted by Crippen LogP contribution is 2.15. The third-order valence-corrected chi connectivity index (χ3v) is 11.4. The Balaban J connectivity index is 3.43. The molecule has 6 nitrogen and oxygen atoms in total. The summed E-state index contributed by atoms with van der Waals surface area (Å²) in [6, 6.07) is -0.631. The van der Waals surface area contributed by atoms with Crippen LogP contribution in [0.25, 0.3) is 0 Å². The molecule has 0 aromatic heterocycles. The molecule has 0 aromatic rings. The number of allylic oxidation sites excluding steroid dienone is 5. The van der Waals surface area contributed by atoms with Crippen molar-refractivity contribution in [2.45, 2.75) is 270 Å². The Morgan fingerprint density at radius 3 is 1.33 bits per heavy atom. The van der Waals surface area contributed by atoms with E-state index in [2.05, 4.69) is 43.5 Å². The van der Waals surface area contributed by atoms with Gasteiger partial charge in [-0.25, -0.2) is 0 Å². The van der Waals surface area contributed by atoms with E-state index in [-0.39, 0.29) is 18.5 Å². The molecule has 0 saturated carbocycles. The maximum Gasteiger partial charge on any atom is 0.305 e. The zero-order chi connectivity index (χ0) is 42.3. The summed E-state index contributed by atoms with van der Waals surface area (Å²) in [7, 11) is 0. The Morgan fingerprint density at radius 2 is 0.862 bits per heavy atom. The van der Waals surface area contributed by atoms with E-state index in [9.17, 15) is 19.8 Å². The summed E-state index contributed by atoms with van der Waals surface area (Å²) in [5.41, 5.74) is 0. The highest BCUT2D eigenvalue weighted by molar-refractivity contribution is 5.76. The molecule has 0 aliphatic carbocycles. The van der Waals surface area contributed by atoms with E-state index in [4.69, 9.17) is 4.74 Å². The van der Waals surface area contributed by atoms with E-state index >= 15 is 0 Å². The van der Waals surface area contributed by atoms with E-state index < -0.39 is 12.1 Å². The molecule has 0 fully saturated rings. The smallest absolute Gasteiger partial charge is 0.305 e. The molecule has 0 aliphatic heterocycles. The van der Waals surface area contributed by atoms with Crippen LogP contribution in [0.4, 0.5) is 0 Å². The van der Waals surface area contributed by atoms with Crippen molar-refractivity contribution in [1.82, 2.24) is 5.32 Å². The molecule has 0 bridgehead atoms. The average molecular weight is 816 g/mol. The summed E-state index contributed by atoms with van der Waals surface area (Å²) < 4.78 is 5.46. The fourth-order valence-corrected chi connectivity index (χ4v) is 7.49. The summed E-state index contributed by atoms with van der Waals surface area (Å²) in [4.78, 5) is 24.4. The fourth-order valence-electron chi connectivity index (χ4n) is 7.49.